The van der Waals surface area contributed by atoms with Crippen molar-refractivity contribution in [2.45, 2.75) is 32.4 Å². The van der Waals surface area contributed by atoms with E-state index < -0.39 is 12.7 Å². The van der Waals surface area contributed by atoms with Crippen LogP contribution < -0.4 is 5.73 Å². The molecule has 0 spiro atoms. The summed E-state index contributed by atoms with van der Waals surface area (Å²) in [4.78, 5) is 1.46. The number of rotatable bonds is 6. The van der Waals surface area contributed by atoms with Crippen molar-refractivity contribution >= 4 is 0 Å². The topological polar surface area (TPSA) is 38.5 Å². The van der Waals surface area contributed by atoms with Gasteiger partial charge in [0.15, 0.2) is 0 Å². The molecule has 0 aromatic carbocycles. The van der Waals surface area contributed by atoms with Gasteiger partial charge in [-0.25, -0.2) is 0 Å². The van der Waals surface area contributed by atoms with Crippen molar-refractivity contribution in [3.05, 3.63) is 0 Å². The van der Waals surface area contributed by atoms with Crippen LogP contribution in [0.15, 0.2) is 0 Å². The zero-order chi connectivity index (χ0) is 13.6. The summed E-state index contributed by atoms with van der Waals surface area (Å²) in [7, 11) is 0. The molecular formula is C12H23F3N2O. The third kappa shape index (κ3) is 5.12. The van der Waals surface area contributed by atoms with E-state index in [1.807, 2.05) is 6.92 Å². The zero-order valence-corrected chi connectivity index (χ0v) is 10.9. The first kappa shape index (κ1) is 15.7. The molecule has 1 unspecified atom stereocenters. The lowest BCUT2D eigenvalue weighted by Crippen LogP contribution is -2.49. The molecule has 1 atom stereocenters. The van der Waals surface area contributed by atoms with E-state index in [1.54, 1.807) is 0 Å². The molecule has 2 N–H and O–H groups in total. The Labute approximate surface area is 106 Å². The first-order chi connectivity index (χ1) is 8.41. The highest BCUT2D eigenvalue weighted by atomic mass is 19.4. The number of alkyl halides is 3. The largest absolute Gasteiger partial charge is 0.401 e. The molecule has 108 valence electrons. The monoisotopic (exact) mass is 268 g/mol. The van der Waals surface area contributed by atoms with Crippen LogP contribution >= 0.6 is 0 Å². The number of ether oxygens (including phenoxy) is 1. The molecule has 0 aromatic rings. The summed E-state index contributed by atoms with van der Waals surface area (Å²) in [5, 5.41) is 0. The van der Waals surface area contributed by atoms with E-state index in [9.17, 15) is 13.2 Å². The summed E-state index contributed by atoms with van der Waals surface area (Å²) in [5.74, 6) is 0. The molecule has 6 heteroatoms. The van der Waals surface area contributed by atoms with Crippen molar-refractivity contribution in [2.24, 2.45) is 11.1 Å². The zero-order valence-electron chi connectivity index (χ0n) is 10.9. The highest BCUT2D eigenvalue weighted by molar-refractivity contribution is 4.86. The minimum Gasteiger partial charge on any atom is -0.381 e. The highest BCUT2D eigenvalue weighted by Crippen LogP contribution is 2.29. The Balaban J connectivity index is 2.62. The smallest absolute Gasteiger partial charge is 0.381 e. The van der Waals surface area contributed by atoms with Crippen LogP contribution in [0.3, 0.4) is 0 Å². The number of halogens is 3. The number of hydrogen-bond acceptors (Lipinski definition) is 3. The Kier molecular flexibility index (Phi) is 5.88. The molecule has 3 nitrogen and oxygen atoms in total. The van der Waals surface area contributed by atoms with Gasteiger partial charge in [-0.05, 0) is 25.8 Å². The van der Waals surface area contributed by atoms with Gasteiger partial charge in [0.25, 0.3) is 0 Å². The van der Waals surface area contributed by atoms with Crippen molar-refractivity contribution in [3.8, 4) is 0 Å². The predicted octanol–water partition coefficient (Wildman–Crippen LogP) is 2.02. The fraction of sp³-hybridized carbons (Fsp3) is 1.00. The quantitative estimate of drug-likeness (QED) is 0.801. The average molecular weight is 268 g/mol. The Morgan fingerprint density at radius 3 is 2.56 bits per heavy atom. The highest BCUT2D eigenvalue weighted by Gasteiger charge is 2.37. The SMILES string of the molecule is CCCN(CC(F)(F)F)CC1(CN)CCCOC1. The second kappa shape index (κ2) is 6.73. The second-order valence-corrected chi connectivity index (χ2v) is 5.19. The lowest BCUT2D eigenvalue weighted by molar-refractivity contribution is -0.152. The molecule has 0 aliphatic carbocycles. The average Bonchev–Trinajstić information content (AvgIpc) is 2.28. The molecule has 1 rings (SSSR count). The van der Waals surface area contributed by atoms with Crippen molar-refractivity contribution in [3.63, 3.8) is 0 Å². The van der Waals surface area contributed by atoms with Gasteiger partial charge in [-0.2, -0.15) is 13.2 Å². The normalized spacial score (nSPS) is 25.7. The standard InChI is InChI=1S/C12H23F3N2O/c1-2-5-17(9-12(13,14)15)8-11(7-16)4-3-6-18-10-11/h2-10,16H2,1H3. The molecule has 0 bridgehead atoms. The summed E-state index contributed by atoms with van der Waals surface area (Å²) >= 11 is 0. The Morgan fingerprint density at radius 1 is 1.39 bits per heavy atom. The van der Waals surface area contributed by atoms with E-state index in [4.69, 9.17) is 10.5 Å². The fourth-order valence-electron chi connectivity index (χ4n) is 2.52. The van der Waals surface area contributed by atoms with E-state index in [0.29, 0.717) is 39.3 Å². The lowest BCUT2D eigenvalue weighted by atomic mass is 9.82. The number of hydrogen-bond donors (Lipinski definition) is 1. The summed E-state index contributed by atoms with van der Waals surface area (Å²) in [6.07, 6.45) is -1.72. The van der Waals surface area contributed by atoms with Crippen LogP contribution in [-0.4, -0.2) is 50.5 Å². The molecule has 1 aliphatic heterocycles. The molecule has 0 radical (unpaired) electrons. The van der Waals surface area contributed by atoms with Crippen molar-refractivity contribution in [1.29, 1.82) is 0 Å². The van der Waals surface area contributed by atoms with Gasteiger partial charge >= 0.3 is 6.18 Å². The molecule has 0 aromatic heterocycles. The fourth-order valence-corrected chi connectivity index (χ4v) is 2.52. The molecule has 1 saturated heterocycles. The van der Waals surface area contributed by atoms with Crippen molar-refractivity contribution in [1.82, 2.24) is 4.90 Å². The van der Waals surface area contributed by atoms with Crippen LogP contribution in [0.2, 0.25) is 0 Å². The van der Waals surface area contributed by atoms with E-state index >= 15 is 0 Å². The third-order valence-electron chi connectivity index (χ3n) is 3.34. The molecule has 0 saturated carbocycles. The molecule has 1 fully saturated rings. The van der Waals surface area contributed by atoms with Crippen LogP contribution in [-0.2, 0) is 4.74 Å². The molecule has 0 amide bonds. The Morgan fingerprint density at radius 2 is 2.11 bits per heavy atom. The molecular weight excluding hydrogens is 245 g/mol. The van der Waals surface area contributed by atoms with Crippen LogP contribution in [0.1, 0.15) is 26.2 Å². The maximum absolute atomic E-state index is 12.5. The summed E-state index contributed by atoms with van der Waals surface area (Å²) < 4.78 is 42.9. The van der Waals surface area contributed by atoms with Gasteiger partial charge in [-0.15, -0.1) is 0 Å². The summed E-state index contributed by atoms with van der Waals surface area (Å²) in [6, 6.07) is 0. The van der Waals surface area contributed by atoms with E-state index in [-0.39, 0.29) is 5.41 Å². The maximum atomic E-state index is 12.5. The van der Waals surface area contributed by atoms with Crippen molar-refractivity contribution < 1.29 is 17.9 Å². The first-order valence-electron chi connectivity index (χ1n) is 6.48. The predicted molar refractivity (Wildman–Crippen MR) is 64.3 cm³/mol. The van der Waals surface area contributed by atoms with Gasteiger partial charge in [0, 0.05) is 25.1 Å². The van der Waals surface area contributed by atoms with Gasteiger partial charge in [0.1, 0.15) is 0 Å². The number of nitrogens with two attached hydrogens (primary N) is 1. The van der Waals surface area contributed by atoms with E-state index in [0.717, 1.165) is 12.8 Å². The van der Waals surface area contributed by atoms with Gasteiger partial charge in [0.05, 0.1) is 13.2 Å². The number of nitrogens with zero attached hydrogens (tertiary/aromatic N) is 1. The molecule has 1 aliphatic rings. The molecule has 18 heavy (non-hydrogen) atoms. The van der Waals surface area contributed by atoms with Gasteiger partial charge in [-0.3, -0.25) is 4.90 Å². The van der Waals surface area contributed by atoms with Crippen LogP contribution in [0.25, 0.3) is 0 Å². The van der Waals surface area contributed by atoms with Crippen LogP contribution in [0.5, 0.6) is 0 Å². The van der Waals surface area contributed by atoms with Crippen LogP contribution in [0, 0.1) is 5.41 Å². The van der Waals surface area contributed by atoms with E-state index in [1.165, 1.54) is 4.90 Å². The van der Waals surface area contributed by atoms with Crippen LogP contribution in [0.4, 0.5) is 13.2 Å². The maximum Gasteiger partial charge on any atom is 0.401 e. The minimum atomic E-state index is -4.15. The second-order valence-electron chi connectivity index (χ2n) is 5.19. The van der Waals surface area contributed by atoms with Gasteiger partial charge in [0.2, 0.25) is 0 Å². The first-order valence-corrected chi connectivity index (χ1v) is 6.48. The summed E-state index contributed by atoms with van der Waals surface area (Å²) in [5.41, 5.74) is 5.45. The minimum absolute atomic E-state index is 0.307. The third-order valence-corrected chi connectivity index (χ3v) is 3.34. The summed E-state index contributed by atoms with van der Waals surface area (Å²) in [6.45, 7) is 3.39. The van der Waals surface area contributed by atoms with Crippen molar-refractivity contribution in [2.75, 3.05) is 39.4 Å². The lowest BCUT2D eigenvalue weighted by Gasteiger charge is -2.40. The van der Waals surface area contributed by atoms with E-state index in [2.05, 4.69) is 0 Å². The Hall–Kier alpha value is -0.330. The van der Waals surface area contributed by atoms with Gasteiger partial charge < -0.3 is 10.5 Å². The Bertz CT molecular complexity index is 240. The molecule has 1 heterocycles. The van der Waals surface area contributed by atoms with Gasteiger partial charge in [-0.1, -0.05) is 6.92 Å².